The highest BCUT2D eigenvalue weighted by atomic mass is 35.5. The molecule has 1 heterocycles. The molecule has 0 bridgehead atoms. The van der Waals surface area contributed by atoms with Gasteiger partial charge >= 0.3 is 5.97 Å². The van der Waals surface area contributed by atoms with Crippen LogP contribution < -0.4 is 0 Å². The van der Waals surface area contributed by atoms with Crippen LogP contribution in [0.3, 0.4) is 0 Å². The maximum absolute atomic E-state index is 12.8. The normalized spacial score (nSPS) is 28.2. The zero-order valence-corrected chi connectivity index (χ0v) is 12.4. The number of halogens is 1. The smallest absolute Gasteiger partial charge is 0.326 e. The third kappa shape index (κ3) is 2.64. The van der Waals surface area contributed by atoms with Gasteiger partial charge in [-0.15, -0.1) is 0 Å². The molecule has 1 aliphatic heterocycles. The fourth-order valence-electron chi connectivity index (χ4n) is 3.74. The number of carboxylic acids is 1. The van der Waals surface area contributed by atoms with Crippen LogP contribution >= 0.6 is 11.6 Å². The second-order valence-electron chi connectivity index (χ2n) is 5.92. The number of amides is 1. The van der Waals surface area contributed by atoms with E-state index in [1.807, 2.05) is 0 Å². The Balaban J connectivity index is 1.92. The van der Waals surface area contributed by atoms with E-state index in [0.717, 1.165) is 25.7 Å². The lowest BCUT2D eigenvalue weighted by molar-refractivity contribution is -0.141. The Labute approximate surface area is 128 Å². The van der Waals surface area contributed by atoms with Gasteiger partial charge < -0.3 is 10.0 Å². The number of carbonyl (C=O) groups is 2. The van der Waals surface area contributed by atoms with E-state index < -0.39 is 12.0 Å². The van der Waals surface area contributed by atoms with Gasteiger partial charge in [-0.05, 0) is 43.4 Å². The number of rotatable bonds is 2. The Kier molecular flexibility index (Phi) is 3.89. The molecule has 0 radical (unpaired) electrons. The molecule has 2 aliphatic rings. The molecule has 0 spiro atoms. The van der Waals surface area contributed by atoms with Gasteiger partial charge in [-0.1, -0.05) is 30.5 Å². The standard InChI is InChI=1S/C16H18ClNO3/c17-12-6-3-5-11(8-12)15(19)18-13-7-2-1-4-10(13)9-14(18)16(20)21/h3,5-6,8,10,13-14H,1-2,4,7,9H2,(H,20,21)/t10-,13-,14+/m0/s1. The Bertz CT molecular complexity index is 574. The van der Waals surface area contributed by atoms with Crippen LogP contribution in [0, 0.1) is 5.92 Å². The van der Waals surface area contributed by atoms with Gasteiger partial charge in [0.15, 0.2) is 0 Å². The zero-order chi connectivity index (χ0) is 15.0. The summed E-state index contributed by atoms with van der Waals surface area (Å²) in [6.45, 7) is 0. The van der Waals surface area contributed by atoms with E-state index in [4.69, 9.17) is 11.6 Å². The first-order valence-electron chi connectivity index (χ1n) is 7.39. The average Bonchev–Trinajstić information content (AvgIpc) is 2.86. The van der Waals surface area contributed by atoms with E-state index in [2.05, 4.69) is 0 Å². The minimum Gasteiger partial charge on any atom is -0.480 e. The number of hydrogen-bond donors (Lipinski definition) is 1. The van der Waals surface area contributed by atoms with Gasteiger partial charge in [-0.25, -0.2) is 4.79 Å². The van der Waals surface area contributed by atoms with Gasteiger partial charge in [0.05, 0.1) is 0 Å². The van der Waals surface area contributed by atoms with E-state index in [9.17, 15) is 14.7 Å². The second kappa shape index (κ2) is 5.68. The summed E-state index contributed by atoms with van der Waals surface area (Å²) in [5.41, 5.74) is 0.472. The monoisotopic (exact) mass is 307 g/mol. The van der Waals surface area contributed by atoms with Crippen molar-refractivity contribution in [3.05, 3.63) is 34.9 Å². The summed E-state index contributed by atoms with van der Waals surface area (Å²) in [6, 6.07) is 6.10. The quantitative estimate of drug-likeness (QED) is 0.913. The maximum Gasteiger partial charge on any atom is 0.326 e. The fourth-order valence-corrected chi connectivity index (χ4v) is 3.93. The minimum atomic E-state index is -0.903. The number of likely N-dealkylation sites (tertiary alicyclic amines) is 1. The molecule has 5 heteroatoms. The molecule has 1 N–H and O–H groups in total. The highest BCUT2D eigenvalue weighted by molar-refractivity contribution is 6.31. The highest BCUT2D eigenvalue weighted by Gasteiger charge is 2.47. The SMILES string of the molecule is O=C(O)[C@H]1C[C@@H]2CCCC[C@@H]2N1C(=O)c1cccc(Cl)c1. The van der Waals surface area contributed by atoms with Crippen LogP contribution in [0.1, 0.15) is 42.5 Å². The number of nitrogens with zero attached hydrogens (tertiary/aromatic N) is 1. The molecule has 3 rings (SSSR count). The number of carboxylic acid groups (broad SMARTS) is 1. The first-order chi connectivity index (χ1) is 10.1. The van der Waals surface area contributed by atoms with Crippen molar-refractivity contribution in [2.24, 2.45) is 5.92 Å². The van der Waals surface area contributed by atoms with Gasteiger partial charge in [0.2, 0.25) is 0 Å². The largest absolute Gasteiger partial charge is 0.480 e. The summed E-state index contributed by atoms with van der Waals surface area (Å²) >= 11 is 5.94. The van der Waals surface area contributed by atoms with Crippen molar-refractivity contribution in [2.75, 3.05) is 0 Å². The van der Waals surface area contributed by atoms with Crippen LogP contribution in [0.25, 0.3) is 0 Å². The van der Waals surface area contributed by atoms with Crippen molar-refractivity contribution < 1.29 is 14.7 Å². The summed E-state index contributed by atoms with van der Waals surface area (Å²) in [7, 11) is 0. The number of fused-ring (bicyclic) bond motifs is 1. The van der Waals surface area contributed by atoms with Gasteiger partial charge in [0.1, 0.15) is 6.04 Å². The first-order valence-corrected chi connectivity index (χ1v) is 7.77. The maximum atomic E-state index is 12.8. The summed E-state index contributed by atoms with van der Waals surface area (Å²) in [6.07, 6.45) is 4.69. The van der Waals surface area contributed by atoms with E-state index in [1.165, 1.54) is 0 Å². The first kappa shape index (κ1) is 14.4. The molecule has 4 nitrogen and oxygen atoms in total. The number of hydrogen-bond acceptors (Lipinski definition) is 2. The molecule has 1 amide bonds. The topological polar surface area (TPSA) is 57.6 Å². The zero-order valence-electron chi connectivity index (χ0n) is 11.7. The molecular formula is C16H18ClNO3. The Morgan fingerprint density at radius 3 is 2.71 bits per heavy atom. The summed E-state index contributed by atoms with van der Waals surface area (Å²) in [5.74, 6) is -0.790. The van der Waals surface area contributed by atoms with Crippen LogP contribution in [0.4, 0.5) is 0 Å². The minimum absolute atomic E-state index is 0.0614. The van der Waals surface area contributed by atoms with Gasteiger partial charge in [-0.2, -0.15) is 0 Å². The summed E-state index contributed by atoms with van der Waals surface area (Å²) in [5, 5.41) is 9.95. The molecule has 2 fully saturated rings. The number of benzene rings is 1. The van der Waals surface area contributed by atoms with Crippen LogP contribution in [-0.4, -0.2) is 34.0 Å². The van der Waals surface area contributed by atoms with Crippen LogP contribution in [0.5, 0.6) is 0 Å². The Hall–Kier alpha value is -1.55. The molecule has 3 atom stereocenters. The lowest BCUT2D eigenvalue weighted by atomic mass is 9.84. The van der Waals surface area contributed by atoms with E-state index in [1.54, 1.807) is 29.2 Å². The van der Waals surface area contributed by atoms with Crippen molar-refractivity contribution in [3.63, 3.8) is 0 Å². The van der Waals surface area contributed by atoms with Crippen LogP contribution in [-0.2, 0) is 4.79 Å². The average molecular weight is 308 g/mol. The second-order valence-corrected chi connectivity index (χ2v) is 6.36. The number of aliphatic carboxylic acids is 1. The lowest BCUT2D eigenvalue weighted by Crippen LogP contribution is -2.46. The van der Waals surface area contributed by atoms with Crippen LogP contribution in [0.2, 0.25) is 5.02 Å². The molecular weight excluding hydrogens is 290 g/mol. The van der Waals surface area contributed by atoms with Crippen molar-refractivity contribution in [1.29, 1.82) is 0 Å². The summed E-state index contributed by atoms with van der Waals surface area (Å²) < 4.78 is 0. The van der Waals surface area contributed by atoms with E-state index in [-0.39, 0.29) is 11.9 Å². The van der Waals surface area contributed by atoms with Gasteiger partial charge in [0.25, 0.3) is 5.91 Å². The third-order valence-electron chi connectivity index (χ3n) is 4.68. The molecule has 0 aromatic heterocycles. The summed E-state index contributed by atoms with van der Waals surface area (Å²) in [4.78, 5) is 25.9. The van der Waals surface area contributed by atoms with Gasteiger partial charge in [-0.3, -0.25) is 4.79 Å². The van der Waals surface area contributed by atoms with E-state index >= 15 is 0 Å². The molecule has 1 saturated heterocycles. The Morgan fingerprint density at radius 1 is 1.24 bits per heavy atom. The van der Waals surface area contributed by atoms with Crippen LogP contribution in [0.15, 0.2) is 24.3 Å². The Morgan fingerprint density at radius 2 is 2.00 bits per heavy atom. The lowest BCUT2D eigenvalue weighted by Gasteiger charge is -2.33. The fraction of sp³-hybridized carbons (Fsp3) is 0.500. The molecule has 1 aromatic carbocycles. The molecule has 112 valence electrons. The van der Waals surface area contributed by atoms with Crippen molar-refractivity contribution in [2.45, 2.75) is 44.2 Å². The van der Waals surface area contributed by atoms with E-state index in [0.29, 0.717) is 22.9 Å². The number of carbonyl (C=O) groups excluding carboxylic acids is 1. The molecule has 1 aromatic rings. The predicted molar refractivity (Wildman–Crippen MR) is 79.4 cm³/mol. The highest BCUT2D eigenvalue weighted by Crippen LogP contribution is 2.40. The van der Waals surface area contributed by atoms with Crippen molar-refractivity contribution in [3.8, 4) is 0 Å². The third-order valence-corrected chi connectivity index (χ3v) is 4.91. The molecule has 0 unspecified atom stereocenters. The van der Waals surface area contributed by atoms with Crippen molar-refractivity contribution >= 4 is 23.5 Å². The predicted octanol–water partition coefficient (Wildman–Crippen LogP) is 3.20. The van der Waals surface area contributed by atoms with Gasteiger partial charge in [0, 0.05) is 16.6 Å². The van der Waals surface area contributed by atoms with Crippen molar-refractivity contribution in [1.82, 2.24) is 4.90 Å². The molecule has 21 heavy (non-hydrogen) atoms. The molecule has 1 aliphatic carbocycles. The molecule has 1 saturated carbocycles.